The lowest BCUT2D eigenvalue weighted by Crippen LogP contribution is -2.35. The molecule has 1 atom stereocenters. The largest absolute Gasteiger partial charge is 0.497 e. The van der Waals surface area contributed by atoms with Crippen molar-refractivity contribution in [2.75, 3.05) is 20.2 Å². The number of benzene rings is 2. The Labute approximate surface area is 152 Å². The molecule has 2 N–H and O–H groups in total. The Bertz CT molecular complexity index is 786. The van der Waals surface area contributed by atoms with Crippen LogP contribution < -0.4 is 15.2 Å². The first-order valence-electron chi connectivity index (χ1n) is 8.58. The van der Waals surface area contributed by atoms with E-state index in [1.54, 1.807) is 23.1 Å². The topological polar surface area (TPSA) is 81.9 Å². The number of rotatable bonds is 6. The second kappa shape index (κ2) is 7.91. The van der Waals surface area contributed by atoms with Crippen LogP contribution in [0.1, 0.15) is 34.9 Å². The summed E-state index contributed by atoms with van der Waals surface area (Å²) in [5, 5.41) is 0. The quantitative estimate of drug-likeness (QED) is 0.864. The Balaban J connectivity index is 1.98. The van der Waals surface area contributed by atoms with E-state index in [0.29, 0.717) is 18.8 Å². The first-order valence-corrected chi connectivity index (χ1v) is 8.58. The zero-order valence-corrected chi connectivity index (χ0v) is 14.7. The molecule has 26 heavy (non-hydrogen) atoms. The van der Waals surface area contributed by atoms with E-state index < -0.39 is 12.0 Å². The summed E-state index contributed by atoms with van der Waals surface area (Å²) in [6, 6.07) is 14.0. The molecular formula is C20H22N2O4. The molecular weight excluding hydrogens is 332 g/mol. The number of ether oxygens (including phenoxy) is 2. The van der Waals surface area contributed by atoms with Gasteiger partial charge in [0.15, 0.2) is 0 Å². The van der Waals surface area contributed by atoms with Crippen molar-refractivity contribution < 1.29 is 19.1 Å². The minimum atomic E-state index is -0.848. The summed E-state index contributed by atoms with van der Waals surface area (Å²) in [6.07, 6.45) is 1.12. The smallest absolute Gasteiger partial charge is 0.268 e. The van der Waals surface area contributed by atoms with Crippen LogP contribution in [0.25, 0.3) is 0 Å². The Kier molecular flexibility index (Phi) is 5.41. The van der Waals surface area contributed by atoms with Gasteiger partial charge in [0.25, 0.3) is 11.8 Å². The lowest BCUT2D eigenvalue weighted by Gasteiger charge is -2.25. The second-order valence-corrected chi connectivity index (χ2v) is 6.17. The van der Waals surface area contributed by atoms with Gasteiger partial charge in [0.05, 0.1) is 12.7 Å². The van der Waals surface area contributed by atoms with E-state index >= 15 is 0 Å². The summed E-state index contributed by atoms with van der Waals surface area (Å²) in [7, 11) is 1.52. The number of nitrogens with zero attached hydrogens (tertiary/aromatic N) is 1. The molecule has 3 rings (SSSR count). The van der Waals surface area contributed by atoms with Crippen LogP contribution >= 0.6 is 0 Å². The number of primary amides is 1. The van der Waals surface area contributed by atoms with Gasteiger partial charge in [-0.05, 0) is 25.0 Å². The fourth-order valence-corrected chi connectivity index (χ4v) is 3.05. The molecule has 0 aliphatic carbocycles. The summed E-state index contributed by atoms with van der Waals surface area (Å²) in [6.45, 7) is 1.43. The number of carbonyl (C=O) groups excluding carboxylic acids is 2. The van der Waals surface area contributed by atoms with Gasteiger partial charge in [-0.15, -0.1) is 0 Å². The molecule has 2 aromatic carbocycles. The number of likely N-dealkylation sites (tertiary alicyclic amines) is 1. The third kappa shape index (κ3) is 3.79. The maximum Gasteiger partial charge on any atom is 0.268 e. The van der Waals surface area contributed by atoms with Crippen molar-refractivity contribution in [1.29, 1.82) is 0 Å². The van der Waals surface area contributed by atoms with Gasteiger partial charge >= 0.3 is 0 Å². The highest BCUT2D eigenvalue weighted by molar-refractivity contribution is 5.96. The maximum atomic E-state index is 13.0. The van der Waals surface area contributed by atoms with Gasteiger partial charge in [-0.25, -0.2) is 0 Å². The zero-order valence-electron chi connectivity index (χ0n) is 14.7. The molecule has 2 amide bonds. The van der Waals surface area contributed by atoms with E-state index in [0.717, 1.165) is 18.4 Å². The van der Waals surface area contributed by atoms with Crippen LogP contribution in [0.2, 0.25) is 0 Å². The van der Waals surface area contributed by atoms with Gasteiger partial charge in [0, 0.05) is 24.7 Å². The number of hydrogen-bond donors (Lipinski definition) is 1. The fourth-order valence-electron chi connectivity index (χ4n) is 3.05. The minimum Gasteiger partial charge on any atom is -0.497 e. The second-order valence-electron chi connectivity index (χ2n) is 6.17. The van der Waals surface area contributed by atoms with Crippen LogP contribution in [0.4, 0.5) is 0 Å². The highest BCUT2D eigenvalue weighted by Crippen LogP contribution is 2.31. The van der Waals surface area contributed by atoms with Crippen molar-refractivity contribution in [3.63, 3.8) is 0 Å². The van der Waals surface area contributed by atoms with E-state index in [2.05, 4.69) is 0 Å². The molecule has 0 spiro atoms. The Hall–Kier alpha value is -3.02. The molecule has 1 saturated heterocycles. The third-order valence-electron chi connectivity index (χ3n) is 4.44. The number of methoxy groups -OCH3 is 1. The van der Waals surface area contributed by atoms with Crippen molar-refractivity contribution in [2.24, 2.45) is 5.73 Å². The number of amides is 2. The molecule has 1 aliphatic rings. The van der Waals surface area contributed by atoms with Crippen molar-refractivity contribution in [2.45, 2.75) is 18.9 Å². The molecule has 1 fully saturated rings. The average molecular weight is 354 g/mol. The standard InChI is InChI=1S/C20H22N2O4/c1-25-15-9-10-16(19(21)23)17(13-15)26-18(14-7-3-2-4-8-14)20(24)22-11-5-6-12-22/h2-4,7-10,13,18H,5-6,11-12H2,1H3,(H2,21,23)/t18-/m1/s1. The summed E-state index contributed by atoms with van der Waals surface area (Å²) in [5.74, 6) is 0.0127. The van der Waals surface area contributed by atoms with Crippen molar-refractivity contribution in [1.82, 2.24) is 4.90 Å². The summed E-state index contributed by atoms with van der Waals surface area (Å²) < 4.78 is 11.2. The molecule has 1 heterocycles. The molecule has 0 saturated carbocycles. The summed E-state index contributed by atoms with van der Waals surface area (Å²) in [4.78, 5) is 26.6. The lowest BCUT2D eigenvalue weighted by molar-refractivity contribution is -0.138. The third-order valence-corrected chi connectivity index (χ3v) is 4.44. The van der Waals surface area contributed by atoms with E-state index in [4.69, 9.17) is 15.2 Å². The SMILES string of the molecule is COc1ccc(C(N)=O)c(O[C@@H](C(=O)N2CCCC2)c2ccccc2)c1. The van der Waals surface area contributed by atoms with Crippen LogP contribution in [0.5, 0.6) is 11.5 Å². The fraction of sp³-hybridized carbons (Fsp3) is 0.300. The molecule has 6 nitrogen and oxygen atoms in total. The van der Waals surface area contributed by atoms with Gasteiger partial charge in [0.2, 0.25) is 6.10 Å². The predicted octanol–water partition coefficient (Wildman–Crippen LogP) is 2.54. The lowest BCUT2D eigenvalue weighted by atomic mass is 10.1. The van der Waals surface area contributed by atoms with E-state index in [1.807, 2.05) is 30.3 Å². The highest BCUT2D eigenvalue weighted by atomic mass is 16.5. The zero-order chi connectivity index (χ0) is 18.5. The molecule has 136 valence electrons. The molecule has 6 heteroatoms. The maximum absolute atomic E-state index is 13.0. The first-order chi connectivity index (χ1) is 12.6. The van der Waals surface area contributed by atoms with E-state index in [9.17, 15) is 9.59 Å². The van der Waals surface area contributed by atoms with Crippen molar-refractivity contribution in [3.05, 3.63) is 59.7 Å². The first kappa shape index (κ1) is 17.8. The van der Waals surface area contributed by atoms with Crippen molar-refractivity contribution in [3.8, 4) is 11.5 Å². The monoisotopic (exact) mass is 354 g/mol. The van der Waals surface area contributed by atoms with Crippen LogP contribution in [-0.2, 0) is 4.79 Å². The van der Waals surface area contributed by atoms with Crippen LogP contribution in [0, 0.1) is 0 Å². The van der Waals surface area contributed by atoms with Gasteiger partial charge in [-0.3, -0.25) is 9.59 Å². The molecule has 0 radical (unpaired) electrons. The van der Waals surface area contributed by atoms with Gasteiger partial charge < -0.3 is 20.1 Å². The Morgan fingerprint density at radius 2 is 1.77 bits per heavy atom. The predicted molar refractivity (Wildman–Crippen MR) is 97.1 cm³/mol. The average Bonchev–Trinajstić information content (AvgIpc) is 3.20. The highest BCUT2D eigenvalue weighted by Gasteiger charge is 2.30. The Morgan fingerprint density at radius 3 is 2.38 bits per heavy atom. The van der Waals surface area contributed by atoms with Crippen LogP contribution in [0.15, 0.2) is 48.5 Å². The van der Waals surface area contributed by atoms with Crippen LogP contribution in [0.3, 0.4) is 0 Å². The number of hydrogen-bond acceptors (Lipinski definition) is 4. The van der Waals surface area contributed by atoms with Crippen molar-refractivity contribution >= 4 is 11.8 Å². The molecule has 2 aromatic rings. The van der Waals surface area contributed by atoms with Crippen LogP contribution in [-0.4, -0.2) is 36.9 Å². The molecule has 0 aromatic heterocycles. The summed E-state index contributed by atoms with van der Waals surface area (Å²) in [5.41, 5.74) is 6.40. The normalized spacial score (nSPS) is 14.7. The van der Waals surface area contributed by atoms with Gasteiger partial charge in [-0.2, -0.15) is 0 Å². The van der Waals surface area contributed by atoms with E-state index in [1.165, 1.54) is 7.11 Å². The Morgan fingerprint density at radius 1 is 1.08 bits per heavy atom. The van der Waals surface area contributed by atoms with Gasteiger partial charge in [0.1, 0.15) is 11.5 Å². The van der Waals surface area contributed by atoms with Gasteiger partial charge in [-0.1, -0.05) is 30.3 Å². The number of carbonyl (C=O) groups is 2. The minimum absolute atomic E-state index is 0.119. The molecule has 0 bridgehead atoms. The molecule has 1 aliphatic heterocycles. The number of nitrogens with two attached hydrogens (primary N) is 1. The summed E-state index contributed by atoms with van der Waals surface area (Å²) >= 11 is 0. The molecule has 0 unspecified atom stereocenters. The van der Waals surface area contributed by atoms with E-state index in [-0.39, 0.29) is 17.2 Å².